The number of benzene rings is 1. The summed E-state index contributed by atoms with van der Waals surface area (Å²) >= 11 is 6.11. The van der Waals surface area contributed by atoms with Gasteiger partial charge in [-0.05, 0) is 30.9 Å². The zero-order valence-electron chi connectivity index (χ0n) is 14.2. The summed E-state index contributed by atoms with van der Waals surface area (Å²) in [6.07, 6.45) is 7.08. The van der Waals surface area contributed by atoms with Gasteiger partial charge in [-0.1, -0.05) is 43.0 Å². The predicted octanol–water partition coefficient (Wildman–Crippen LogP) is 3.38. The fourth-order valence-electron chi connectivity index (χ4n) is 3.70. The summed E-state index contributed by atoms with van der Waals surface area (Å²) in [4.78, 5) is 31.9. The first-order chi connectivity index (χ1) is 12.6. The van der Waals surface area contributed by atoms with Gasteiger partial charge in [0.05, 0.1) is 11.7 Å². The molecule has 0 atom stereocenters. The molecule has 3 aromatic rings. The third-order valence-electron chi connectivity index (χ3n) is 5.00. The molecule has 134 valence electrons. The molecule has 0 bridgehead atoms. The van der Waals surface area contributed by atoms with E-state index in [1.807, 2.05) is 6.07 Å². The molecule has 0 radical (unpaired) electrons. The maximum absolute atomic E-state index is 12.9. The Labute approximate surface area is 154 Å². The topological polar surface area (TPSA) is 80.6 Å². The number of aromatic nitrogens is 4. The minimum atomic E-state index is -0.376. The number of halogens is 1. The number of nitrogens with zero attached hydrogens (tertiary/aromatic N) is 3. The molecule has 1 N–H and O–H groups in total. The molecule has 1 aliphatic rings. The first kappa shape index (κ1) is 17.0. The Morgan fingerprint density at radius 3 is 2.77 bits per heavy atom. The molecular formula is C19H19ClN4O2. The van der Waals surface area contributed by atoms with Crippen molar-refractivity contribution >= 4 is 22.5 Å². The molecule has 0 amide bonds. The number of rotatable bonds is 3. The van der Waals surface area contributed by atoms with E-state index in [0.717, 1.165) is 12.8 Å². The average molecular weight is 371 g/mol. The molecule has 1 aliphatic carbocycles. The van der Waals surface area contributed by atoms with Crippen molar-refractivity contribution in [1.82, 2.24) is 19.7 Å². The van der Waals surface area contributed by atoms with Gasteiger partial charge < -0.3 is 4.98 Å². The maximum Gasteiger partial charge on any atom is 0.293 e. The quantitative estimate of drug-likeness (QED) is 0.766. The van der Waals surface area contributed by atoms with Crippen molar-refractivity contribution in [1.29, 1.82) is 0 Å². The van der Waals surface area contributed by atoms with E-state index in [1.54, 1.807) is 18.2 Å². The van der Waals surface area contributed by atoms with Gasteiger partial charge in [-0.3, -0.25) is 9.59 Å². The Balaban J connectivity index is 1.92. The molecule has 1 aromatic carbocycles. The van der Waals surface area contributed by atoms with E-state index in [1.165, 1.54) is 30.3 Å². The molecule has 1 saturated carbocycles. The van der Waals surface area contributed by atoms with Gasteiger partial charge in [0.1, 0.15) is 11.2 Å². The van der Waals surface area contributed by atoms with E-state index in [9.17, 15) is 9.59 Å². The van der Waals surface area contributed by atoms with Gasteiger partial charge in [0.25, 0.3) is 11.1 Å². The molecular weight excluding hydrogens is 352 g/mol. The van der Waals surface area contributed by atoms with Crippen LogP contribution >= 0.6 is 11.6 Å². The minimum Gasteiger partial charge on any atom is -0.313 e. The van der Waals surface area contributed by atoms with Crippen LogP contribution in [0.25, 0.3) is 22.2 Å². The van der Waals surface area contributed by atoms with E-state index in [4.69, 9.17) is 11.6 Å². The second-order valence-corrected chi connectivity index (χ2v) is 7.24. The summed E-state index contributed by atoms with van der Waals surface area (Å²) in [5.74, 6) is 0.431. The Morgan fingerprint density at radius 1 is 1.19 bits per heavy atom. The number of nitrogens with one attached hydrogen (secondary N) is 1. The molecule has 7 heteroatoms. The van der Waals surface area contributed by atoms with Gasteiger partial charge in [-0.25, -0.2) is 9.67 Å². The standard InChI is InChI=1S/C19H19ClN4O2/c20-14-8-4-7-13(9-14)16-15-17(21-11-22-18(15)25)19(26)24(23-16)10-12-5-2-1-3-6-12/h4,7-9,11-12H,1-3,5-6,10H2,(H,21,22,25). The second-order valence-electron chi connectivity index (χ2n) is 6.81. The first-order valence-electron chi connectivity index (χ1n) is 8.88. The fourth-order valence-corrected chi connectivity index (χ4v) is 3.89. The van der Waals surface area contributed by atoms with Gasteiger partial charge in [-0.15, -0.1) is 0 Å². The first-order valence-corrected chi connectivity index (χ1v) is 9.26. The Kier molecular flexibility index (Phi) is 4.59. The molecule has 0 unspecified atom stereocenters. The lowest BCUT2D eigenvalue weighted by atomic mass is 9.89. The molecule has 1 fully saturated rings. The highest BCUT2D eigenvalue weighted by Crippen LogP contribution is 2.26. The fraction of sp³-hybridized carbons (Fsp3) is 0.368. The van der Waals surface area contributed by atoms with Crippen molar-refractivity contribution in [2.24, 2.45) is 5.92 Å². The molecule has 0 saturated heterocycles. The van der Waals surface area contributed by atoms with E-state index in [2.05, 4.69) is 15.1 Å². The third-order valence-corrected chi connectivity index (χ3v) is 5.24. The van der Waals surface area contributed by atoms with Crippen molar-refractivity contribution in [3.05, 3.63) is 56.3 Å². The van der Waals surface area contributed by atoms with Crippen molar-refractivity contribution in [2.45, 2.75) is 38.6 Å². The summed E-state index contributed by atoms with van der Waals surface area (Å²) in [5, 5.41) is 5.30. The SMILES string of the molecule is O=c1[nH]cnc2c(=O)n(CC3CCCCC3)nc(-c3cccc(Cl)c3)c12. The van der Waals surface area contributed by atoms with Gasteiger partial charge in [0.15, 0.2) is 0 Å². The summed E-state index contributed by atoms with van der Waals surface area (Å²) in [6, 6.07) is 7.13. The van der Waals surface area contributed by atoms with Gasteiger partial charge in [0.2, 0.25) is 0 Å². The lowest BCUT2D eigenvalue weighted by Crippen LogP contribution is -2.30. The van der Waals surface area contributed by atoms with Crippen LogP contribution in [0.2, 0.25) is 5.02 Å². The minimum absolute atomic E-state index is 0.148. The van der Waals surface area contributed by atoms with Crippen molar-refractivity contribution in [3.63, 3.8) is 0 Å². The highest BCUT2D eigenvalue weighted by Gasteiger charge is 2.20. The van der Waals surface area contributed by atoms with Crippen LogP contribution in [0.15, 0.2) is 40.2 Å². The number of hydrogen-bond donors (Lipinski definition) is 1. The molecule has 2 aromatic heterocycles. The van der Waals surface area contributed by atoms with E-state index in [-0.39, 0.29) is 22.0 Å². The number of H-pyrrole nitrogens is 1. The summed E-state index contributed by atoms with van der Waals surface area (Å²) < 4.78 is 1.47. The van der Waals surface area contributed by atoms with Gasteiger partial charge in [0, 0.05) is 17.1 Å². The monoisotopic (exact) mass is 370 g/mol. The van der Waals surface area contributed by atoms with Crippen LogP contribution in [0.5, 0.6) is 0 Å². The van der Waals surface area contributed by atoms with Crippen LogP contribution < -0.4 is 11.1 Å². The summed E-state index contributed by atoms with van der Waals surface area (Å²) in [7, 11) is 0. The highest BCUT2D eigenvalue weighted by molar-refractivity contribution is 6.30. The number of hydrogen-bond acceptors (Lipinski definition) is 4. The van der Waals surface area contributed by atoms with Crippen LogP contribution in [0.4, 0.5) is 0 Å². The Morgan fingerprint density at radius 2 is 2.00 bits per heavy atom. The predicted molar refractivity (Wildman–Crippen MR) is 101 cm³/mol. The smallest absolute Gasteiger partial charge is 0.293 e. The lowest BCUT2D eigenvalue weighted by molar-refractivity contribution is 0.304. The van der Waals surface area contributed by atoms with Crippen LogP contribution in [-0.2, 0) is 6.54 Å². The number of fused-ring (bicyclic) bond motifs is 1. The molecule has 0 aliphatic heterocycles. The zero-order chi connectivity index (χ0) is 18.1. The average Bonchev–Trinajstić information content (AvgIpc) is 2.65. The van der Waals surface area contributed by atoms with Crippen molar-refractivity contribution < 1.29 is 0 Å². The second kappa shape index (κ2) is 7.03. The maximum atomic E-state index is 12.9. The number of aromatic amines is 1. The lowest BCUT2D eigenvalue weighted by Gasteiger charge is -2.22. The van der Waals surface area contributed by atoms with Crippen LogP contribution in [0, 0.1) is 5.92 Å². The van der Waals surface area contributed by atoms with Crippen LogP contribution in [0.1, 0.15) is 32.1 Å². The van der Waals surface area contributed by atoms with Crippen molar-refractivity contribution in [3.8, 4) is 11.3 Å². The Hall–Kier alpha value is -2.47. The van der Waals surface area contributed by atoms with E-state index < -0.39 is 0 Å². The molecule has 0 spiro atoms. The van der Waals surface area contributed by atoms with Gasteiger partial charge >= 0.3 is 0 Å². The zero-order valence-corrected chi connectivity index (χ0v) is 15.0. The van der Waals surface area contributed by atoms with E-state index >= 15 is 0 Å². The molecule has 4 rings (SSSR count). The highest BCUT2D eigenvalue weighted by atomic mass is 35.5. The largest absolute Gasteiger partial charge is 0.313 e. The van der Waals surface area contributed by atoms with Gasteiger partial charge in [-0.2, -0.15) is 5.10 Å². The van der Waals surface area contributed by atoms with E-state index in [0.29, 0.717) is 28.7 Å². The summed E-state index contributed by atoms with van der Waals surface area (Å²) in [5.41, 5.74) is 0.585. The van der Waals surface area contributed by atoms with Crippen LogP contribution in [0.3, 0.4) is 0 Å². The molecule has 26 heavy (non-hydrogen) atoms. The van der Waals surface area contributed by atoms with Crippen molar-refractivity contribution in [2.75, 3.05) is 0 Å². The molecule has 6 nitrogen and oxygen atoms in total. The molecule has 2 heterocycles. The Bertz CT molecular complexity index is 1070. The summed E-state index contributed by atoms with van der Waals surface area (Å²) in [6.45, 7) is 0.552. The van der Waals surface area contributed by atoms with Crippen LogP contribution in [-0.4, -0.2) is 19.7 Å². The third kappa shape index (κ3) is 3.17. The normalized spacial score (nSPS) is 15.4.